The van der Waals surface area contributed by atoms with E-state index in [-0.39, 0.29) is 0 Å². The first kappa shape index (κ1) is 12.4. The minimum atomic E-state index is 0.617. The van der Waals surface area contributed by atoms with E-state index in [0.29, 0.717) is 5.92 Å². The van der Waals surface area contributed by atoms with E-state index in [1.807, 2.05) is 10.9 Å². The molecule has 0 fully saturated rings. The molecule has 0 aliphatic rings. The molecule has 0 N–H and O–H groups in total. The van der Waals surface area contributed by atoms with Gasteiger partial charge in [-0.05, 0) is 30.0 Å². The number of nitrogens with zero attached hydrogens (tertiary/aromatic N) is 2. The van der Waals surface area contributed by atoms with E-state index in [1.165, 1.54) is 16.7 Å². The third-order valence-electron chi connectivity index (χ3n) is 2.76. The average molecular weight is 293 g/mol. The summed E-state index contributed by atoms with van der Waals surface area (Å²) in [5.41, 5.74) is 3.69. The first-order chi connectivity index (χ1) is 8.08. The molecule has 0 atom stereocenters. The molecule has 2 aromatic rings. The lowest BCUT2D eigenvalue weighted by atomic mass is 10.0. The van der Waals surface area contributed by atoms with Crippen LogP contribution in [0.15, 0.2) is 35.1 Å². The van der Waals surface area contributed by atoms with Crippen LogP contribution in [0.25, 0.3) is 11.1 Å². The molecule has 3 heteroatoms. The molecule has 2 nitrogen and oxygen atoms in total. The largest absolute Gasteiger partial charge is 0.272 e. The minimum Gasteiger partial charge on any atom is -0.272 e. The summed E-state index contributed by atoms with van der Waals surface area (Å²) in [7, 11) is 0. The zero-order valence-corrected chi connectivity index (χ0v) is 12.0. The first-order valence-electron chi connectivity index (χ1n) is 5.86. The van der Waals surface area contributed by atoms with Crippen LogP contribution in [0.5, 0.6) is 0 Å². The van der Waals surface area contributed by atoms with Gasteiger partial charge in [0.05, 0.1) is 6.20 Å². The third kappa shape index (κ3) is 2.78. The minimum absolute atomic E-state index is 0.617. The van der Waals surface area contributed by atoms with E-state index in [0.717, 1.165) is 11.0 Å². The molecule has 1 heterocycles. The van der Waals surface area contributed by atoms with Gasteiger partial charge in [0, 0.05) is 22.8 Å². The summed E-state index contributed by atoms with van der Waals surface area (Å²) < 4.78 is 3.16. The Hall–Kier alpha value is -1.09. The Kier molecular flexibility index (Phi) is 3.67. The van der Waals surface area contributed by atoms with E-state index >= 15 is 0 Å². The molecule has 0 radical (unpaired) electrons. The average Bonchev–Trinajstić information content (AvgIpc) is 2.69. The molecule has 0 spiro atoms. The van der Waals surface area contributed by atoms with Gasteiger partial charge < -0.3 is 0 Å². The van der Waals surface area contributed by atoms with Crippen LogP contribution in [0.3, 0.4) is 0 Å². The molecule has 2 rings (SSSR count). The SMILES string of the molecule is Cc1c(Br)cccc1-c1cnn(CC(C)C)c1. The van der Waals surface area contributed by atoms with Crippen LogP contribution < -0.4 is 0 Å². The summed E-state index contributed by atoms with van der Waals surface area (Å²) in [4.78, 5) is 0. The molecule has 1 aromatic heterocycles. The lowest BCUT2D eigenvalue weighted by Gasteiger charge is -2.05. The summed E-state index contributed by atoms with van der Waals surface area (Å²) in [5.74, 6) is 0.617. The predicted octanol–water partition coefficient (Wildman–Crippen LogP) is 4.28. The van der Waals surface area contributed by atoms with E-state index < -0.39 is 0 Å². The van der Waals surface area contributed by atoms with Crippen molar-refractivity contribution in [2.75, 3.05) is 0 Å². The molecule has 90 valence electrons. The highest BCUT2D eigenvalue weighted by Gasteiger charge is 2.07. The standard InChI is InChI=1S/C14H17BrN2/c1-10(2)8-17-9-12(7-16-17)13-5-4-6-14(15)11(13)3/h4-7,9-10H,8H2,1-3H3. The highest BCUT2D eigenvalue weighted by atomic mass is 79.9. The van der Waals surface area contributed by atoms with Crippen molar-refractivity contribution >= 4 is 15.9 Å². The zero-order valence-electron chi connectivity index (χ0n) is 10.4. The van der Waals surface area contributed by atoms with Crippen LogP contribution in [0.4, 0.5) is 0 Å². The number of benzene rings is 1. The number of halogens is 1. The van der Waals surface area contributed by atoms with E-state index in [4.69, 9.17) is 0 Å². The summed E-state index contributed by atoms with van der Waals surface area (Å²) in [6, 6.07) is 6.26. The van der Waals surface area contributed by atoms with Gasteiger partial charge in [0.1, 0.15) is 0 Å². The molecule has 0 saturated heterocycles. The van der Waals surface area contributed by atoms with Crippen LogP contribution >= 0.6 is 15.9 Å². The van der Waals surface area contributed by atoms with Crippen LogP contribution in [0.1, 0.15) is 19.4 Å². The predicted molar refractivity (Wildman–Crippen MR) is 74.9 cm³/mol. The lowest BCUT2D eigenvalue weighted by Crippen LogP contribution is -2.03. The number of hydrogen-bond donors (Lipinski definition) is 0. The second kappa shape index (κ2) is 5.05. The zero-order chi connectivity index (χ0) is 12.4. The van der Waals surface area contributed by atoms with Crippen molar-refractivity contribution in [3.05, 3.63) is 40.6 Å². The van der Waals surface area contributed by atoms with Crippen LogP contribution in [-0.4, -0.2) is 9.78 Å². The van der Waals surface area contributed by atoms with Crippen LogP contribution in [-0.2, 0) is 6.54 Å². The van der Waals surface area contributed by atoms with Gasteiger partial charge in [-0.1, -0.05) is 41.9 Å². The van der Waals surface area contributed by atoms with Gasteiger partial charge in [-0.15, -0.1) is 0 Å². The molecule has 0 saturated carbocycles. The molecule has 0 aliphatic carbocycles. The smallest absolute Gasteiger partial charge is 0.0568 e. The molecule has 0 aliphatic heterocycles. The molecular weight excluding hydrogens is 276 g/mol. The first-order valence-corrected chi connectivity index (χ1v) is 6.65. The Morgan fingerprint density at radius 2 is 2.12 bits per heavy atom. The van der Waals surface area contributed by atoms with E-state index in [2.05, 4.69) is 66.2 Å². The Morgan fingerprint density at radius 1 is 1.35 bits per heavy atom. The van der Waals surface area contributed by atoms with Crippen molar-refractivity contribution in [1.82, 2.24) is 9.78 Å². The fraction of sp³-hybridized carbons (Fsp3) is 0.357. The highest BCUT2D eigenvalue weighted by molar-refractivity contribution is 9.10. The lowest BCUT2D eigenvalue weighted by molar-refractivity contribution is 0.483. The maximum atomic E-state index is 4.40. The number of rotatable bonds is 3. The maximum absolute atomic E-state index is 4.40. The van der Waals surface area contributed by atoms with Gasteiger partial charge in [-0.25, -0.2) is 0 Å². The van der Waals surface area contributed by atoms with Crippen molar-refractivity contribution in [3.63, 3.8) is 0 Å². The Bertz CT molecular complexity index is 515. The highest BCUT2D eigenvalue weighted by Crippen LogP contribution is 2.28. The molecule has 0 bridgehead atoms. The molecule has 1 aromatic carbocycles. The van der Waals surface area contributed by atoms with Crippen LogP contribution in [0.2, 0.25) is 0 Å². The Morgan fingerprint density at radius 3 is 2.82 bits per heavy atom. The molecule has 17 heavy (non-hydrogen) atoms. The number of aromatic nitrogens is 2. The van der Waals surface area contributed by atoms with Crippen molar-refractivity contribution in [2.45, 2.75) is 27.3 Å². The van der Waals surface area contributed by atoms with Gasteiger partial charge in [0.25, 0.3) is 0 Å². The van der Waals surface area contributed by atoms with Gasteiger partial charge >= 0.3 is 0 Å². The van der Waals surface area contributed by atoms with Crippen molar-refractivity contribution in [1.29, 1.82) is 0 Å². The summed E-state index contributed by atoms with van der Waals surface area (Å²) in [5, 5.41) is 4.40. The van der Waals surface area contributed by atoms with E-state index in [9.17, 15) is 0 Å². The van der Waals surface area contributed by atoms with Gasteiger partial charge in [-0.2, -0.15) is 5.10 Å². The van der Waals surface area contributed by atoms with Gasteiger partial charge in [0.15, 0.2) is 0 Å². The third-order valence-corrected chi connectivity index (χ3v) is 3.62. The van der Waals surface area contributed by atoms with Crippen molar-refractivity contribution in [3.8, 4) is 11.1 Å². The molecule has 0 unspecified atom stereocenters. The van der Waals surface area contributed by atoms with Crippen molar-refractivity contribution < 1.29 is 0 Å². The fourth-order valence-electron chi connectivity index (χ4n) is 1.90. The second-order valence-electron chi connectivity index (χ2n) is 4.76. The van der Waals surface area contributed by atoms with E-state index in [1.54, 1.807) is 0 Å². The van der Waals surface area contributed by atoms with Crippen molar-refractivity contribution in [2.24, 2.45) is 5.92 Å². The van der Waals surface area contributed by atoms with Gasteiger partial charge in [-0.3, -0.25) is 4.68 Å². The summed E-state index contributed by atoms with van der Waals surface area (Å²) in [6.45, 7) is 7.49. The molecular formula is C14H17BrN2. The number of hydrogen-bond acceptors (Lipinski definition) is 1. The maximum Gasteiger partial charge on any atom is 0.0568 e. The second-order valence-corrected chi connectivity index (χ2v) is 5.61. The fourth-order valence-corrected chi connectivity index (χ4v) is 2.26. The quantitative estimate of drug-likeness (QED) is 0.826. The van der Waals surface area contributed by atoms with Gasteiger partial charge in [0.2, 0.25) is 0 Å². The Balaban J connectivity index is 2.34. The summed E-state index contributed by atoms with van der Waals surface area (Å²) in [6.07, 6.45) is 4.06. The topological polar surface area (TPSA) is 17.8 Å². The molecule has 0 amide bonds. The Labute approximate surface area is 111 Å². The summed E-state index contributed by atoms with van der Waals surface area (Å²) >= 11 is 3.56. The normalized spacial score (nSPS) is 11.1. The monoisotopic (exact) mass is 292 g/mol. The van der Waals surface area contributed by atoms with Crippen LogP contribution in [0, 0.1) is 12.8 Å².